The summed E-state index contributed by atoms with van der Waals surface area (Å²) < 4.78 is 68.1. The number of aryl methyl sites for hydroxylation is 2. The highest BCUT2D eigenvalue weighted by atomic mass is 32.2. The summed E-state index contributed by atoms with van der Waals surface area (Å²) >= 11 is 0. The Morgan fingerprint density at radius 2 is 1.83 bits per heavy atom. The lowest BCUT2D eigenvalue weighted by Crippen LogP contribution is -2.27. The van der Waals surface area contributed by atoms with Crippen LogP contribution in [0.25, 0.3) is 28.2 Å². The van der Waals surface area contributed by atoms with E-state index in [1.54, 1.807) is 6.92 Å². The summed E-state index contributed by atoms with van der Waals surface area (Å²) in [7, 11) is -2.45. The van der Waals surface area contributed by atoms with Crippen molar-refractivity contribution >= 4 is 32.6 Å². The van der Waals surface area contributed by atoms with Gasteiger partial charge in [-0.3, -0.25) is 4.79 Å². The van der Waals surface area contributed by atoms with E-state index in [1.165, 1.54) is 24.7 Å². The first-order valence-electron chi connectivity index (χ1n) is 10.7. The van der Waals surface area contributed by atoms with Gasteiger partial charge in [0.25, 0.3) is 5.91 Å². The van der Waals surface area contributed by atoms with Crippen LogP contribution in [0.2, 0.25) is 0 Å². The molecule has 186 valence electrons. The molecule has 1 amide bonds. The van der Waals surface area contributed by atoms with E-state index < -0.39 is 27.5 Å². The third-order valence-electron chi connectivity index (χ3n) is 5.48. The quantitative estimate of drug-likeness (QED) is 0.424. The lowest BCUT2D eigenvalue weighted by Gasteiger charge is -2.08. The number of nitrogens with one attached hydrogen (secondary N) is 1. The van der Waals surface area contributed by atoms with Crippen molar-refractivity contribution in [1.29, 1.82) is 0 Å². The highest BCUT2D eigenvalue weighted by molar-refractivity contribution is 7.91. The summed E-state index contributed by atoms with van der Waals surface area (Å²) in [6, 6.07) is 0.840. The minimum absolute atomic E-state index is 0.00474. The molecule has 0 unspecified atom stereocenters. The minimum Gasteiger partial charge on any atom is -0.351 e. The molecule has 10 nitrogen and oxygen atoms in total. The smallest absolute Gasteiger partial charge is 0.351 e. The maximum absolute atomic E-state index is 13.2. The summed E-state index contributed by atoms with van der Waals surface area (Å²) in [6.45, 7) is 5.36. The van der Waals surface area contributed by atoms with E-state index in [2.05, 4.69) is 25.4 Å². The number of nitrogens with zero attached hydrogens (tertiary/aromatic N) is 6. The van der Waals surface area contributed by atoms with E-state index >= 15 is 0 Å². The summed E-state index contributed by atoms with van der Waals surface area (Å²) in [5, 5.41) is 6.61. The second-order valence-electron chi connectivity index (χ2n) is 7.92. The number of imidazole rings is 1. The van der Waals surface area contributed by atoms with Gasteiger partial charge in [0.1, 0.15) is 22.6 Å². The van der Waals surface area contributed by atoms with Crippen LogP contribution in [0, 0.1) is 6.92 Å². The van der Waals surface area contributed by atoms with E-state index in [1.807, 2.05) is 6.92 Å². The van der Waals surface area contributed by atoms with Gasteiger partial charge in [0.2, 0.25) is 0 Å². The van der Waals surface area contributed by atoms with Crippen LogP contribution in [0.4, 0.5) is 13.2 Å². The summed E-state index contributed by atoms with van der Waals surface area (Å²) in [5.41, 5.74) is -0.394. The lowest BCUT2D eigenvalue weighted by molar-refractivity contribution is -0.137. The van der Waals surface area contributed by atoms with E-state index in [0.29, 0.717) is 24.7 Å². The second kappa shape index (κ2) is 8.59. The highest BCUT2D eigenvalue weighted by Gasteiger charge is 2.34. The Labute approximate surface area is 198 Å². The topological polar surface area (TPSA) is 124 Å². The number of carbonyl (C=O) groups is 1. The van der Waals surface area contributed by atoms with Crippen LogP contribution in [0.1, 0.15) is 41.9 Å². The van der Waals surface area contributed by atoms with E-state index in [-0.39, 0.29) is 44.7 Å². The van der Waals surface area contributed by atoms with Crippen molar-refractivity contribution in [2.75, 3.05) is 12.3 Å². The van der Waals surface area contributed by atoms with Gasteiger partial charge in [0.05, 0.1) is 11.3 Å². The zero-order valence-electron chi connectivity index (χ0n) is 19.3. The maximum atomic E-state index is 13.2. The molecule has 0 aromatic carbocycles. The fourth-order valence-corrected chi connectivity index (χ4v) is 4.63. The standard InChI is InChI=1S/C21H22F3N7O3S/c1-5-7-25-19(32)15-11(3)9-26-17-14(20(29-31(15)17)35(33,34)6-2)18-28-13-8-12(21(22,23)24)10-27-16(13)30(18)4/h8-10H,5-7H2,1-4H3,(H,25,32). The number of carbonyl (C=O) groups excluding carboxylic acids is 1. The number of amides is 1. The normalized spacial score (nSPS) is 12.5. The van der Waals surface area contributed by atoms with Crippen molar-refractivity contribution < 1.29 is 26.4 Å². The van der Waals surface area contributed by atoms with E-state index in [0.717, 1.165) is 10.6 Å². The highest BCUT2D eigenvalue weighted by Crippen LogP contribution is 2.35. The molecule has 14 heteroatoms. The fourth-order valence-electron chi connectivity index (χ4n) is 3.65. The zero-order chi connectivity index (χ0) is 25.7. The van der Waals surface area contributed by atoms with Crippen molar-refractivity contribution in [1.82, 2.24) is 34.4 Å². The molecular weight excluding hydrogens is 487 g/mol. The Morgan fingerprint density at radius 3 is 2.46 bits per heavy atom. The Hall–Kier alpha value is -3.55. The van der Waals surface area contributed by atoms with Crippen molar-refractivity contribution in [2.45, 2.75) is 38.4 Å². The molecule has 0 aliphatic heterocycles. The second-order valence-corrected chi connectivity index (χ2v) is 10.1. The van der Waals surface area contributed by atoms with Gasteiger partial charge in [-0.2, -0.15) is 18.3 Å². The number of hydrogen-bond acceptors (Lipinski definition) is 7. The Kier molecular flexibility index (Phi) is 6.03. The first-order chi connectivity index (χ1) is 16.4. The molecule has 0 aliphatic rings. The molecule has 35 heavy (non-hydrogen) atoms. The number of aromatic nitrogens is 6. The van der Waals surface area contributed by atoms with Crippen molar-refractivity contribution in [3.8, 4) is 11.4 Å². The first-order valence-corrected chi connectivity index (χ1v) is 12.3. The van der Waals surface area contributed by atoms with Gasteiger partial charge in [-0.1, -0.05) is 13.8 Å². The molecule has 0 atom stereocenters. The Balaban J connectivity index is 2.07. The van der Waals surface area contributed by atoms with Gasteiger partial charge < -0.3 is 9.88 Å². The molecule has 0 saturated heterocycles. The van der Waals surface area contributed by atoms with Gasteiger partial charge in [0, 0.05) is 26.0 Å². The molecule has 0 spiro atoms. The summed E-state index contributed by atoms with van der Waals surface area (Å²) in [4.78, 5) is 25.3. The molecule has 0 fully saturated rings. The summed E-state index contributed by atoms with van der Waals surface area (Å²) in [6.07, 6.45) is -1.84. The van der Waals surface area contributed by atoms with Crippen LogP contribution in [-0.4, -0.2) is 55.8 Å². The van der Waals surface area contributed by atoms with Gasteiger partial charge in [0.15, 0.2) is 26.2 Å². The number of halogens is 3. The van der Waals surface area contributed by atoms with E-state index in [4.69, 9.17) is 0 Å². The molecule has 0 bridgehead atoms. The maximum Gasteiger partial charge on any atom is 0.417 e. The fraction of sp³-hybridized carbons (Fsp3) is 0.381. The van der Waals surface area contributed by atoms with Gasteiger partial charge in [-0.05, 0) is 25.0 Å². The molecule has 0 aliphatic carbocycles. The lowest BCUT2D eigenvalue weighted by atomic mass is 10.2. The van der Waals surface area contributed by atoms with Crippen LogP contribution >= 0.6 is 0 Å². The molecule has 4 aromatic rings. The van der Waals surface area contributed by atoms with Crippen molar-refractivity contribution in [3.05, 3.63) is 35.3 Å². The van der Waals surface area contributed by atoms with Crippen molar-refractivity contribution in [2.24, 2.45) is 7.05 Å². The predicted molar refractivity (Wildman–Crippen MR) is 121 cm³/mol. The Bertz CT molecular complexity index is 1570. The van der Waals surface area contributed by atoms with Crippen LogP contribution in [-0.2, 0) is 23.1 Å². The van der Waals surface area contributed by atoms with Crippen LogP contribution in [0.3, 0.4) is 0 Å². The van der Waals surface area contributed by atoms with Gasteiger partial charge in [-0.25, -0.2) is 27.9 Å². The molecule has 0 radical (unpaired) electrons. The predicted octanol–water partition coefficient (Wildman–Crippen LogP) is 2.94. The third-order valence-corrected chi connectivity index (χ3v) is 7.11. The Morgan fingerprint density at radius 1 is 1.14 bits per heavy atom. The monoisotopic (exact) mass is 509 g/mol. The van der Waals surface area contributed by atoms with Crippen LogP contribution in [0.15, 0.2) is 23.5 Å². The van der Waals surface area contributed by atoms with Crippen molar-refractivity contribution in [3.63, 3.8) is 0 Å². The first kappa shape index (κ1) is 24.6. The minimum atomic E-state index is -4.63. The number of fused-ring (bicyclic) bond motifs is 2. The average molecular weight is 510 g/mol. The summed E-state index contributed by atoms with van der Waals surface area (Å²) in [5.74, 6) is -0.765. The molecule has 4 heterocycles. The molecule has 4 aromatic heterocycles. The van der Waals surface area contributed by atoms with Crippen LogP contribution in [0.5, 0.6) is 0 Å². The third kappa shape index (κ3) is 4.11. The number of alkyl halides is 3. The average Bonchev–Trinajstić information content (AvgIpc) is 3.34. The van der Waals surface area contributed by atoms with Gasteiger partial charge >= 0.3 is 6.18 Å². The van der Waals surface area contributed by atoms with Gasteiger partial charge in [-0.15, -0.1) is 0 Å². The van der Waals surface area contributed by atoms with E-state index in [9.17, 15) is 26.4 Å². The molecule has 0 saturated carbocycles. The molecule has 4 rings (SSSR count). The number of sulfone groups is 1. The number of hydrogen-bond donors (Lipinski definition) is 1. The zero-order valence-corrected chi connectivity index (χ0v) is 20.1. The van der Waals surface area contributed by atoms with Crippen LogP contribution < -0.4 is 5.32 Å². The SMILES string of the molecule is CCCNC(=O)c1c(C)cnc2c(-c3nc4cc(C(F)(F)F)cnc4n3C)c(S(=O)(=O)CC)nn12. The number of rotatable bonds is 6. The molecule has 1 N–H and O–H groups in total. The largest absolute Gasteiger partial charge is 0.417 e. The number of pyridine rings is 1. The molecular formula is C21H22F3N7O3S.